The van der Waals surface area contributed by atoms with Gasteiger partial charge in [-0.25, -0.2) is 8.42 Å². The van der Waals surface area contributed by atoms with Gasteiger partial charge in [0.15, 0.2) is 0 Å². The number of nitrogens with one attached hydrogen (secondary N) is 2. The normalized spacial score (nSPS) is 20.4. The van der Waals surface area contributed by atoms with Crippen molar-refractivity contribution in [2.24, 2.45) is 0 Å². The van der Waals surface area contributed by atoms with Gasteiger partial charge in [0.05, 0.1) is 11.4 Å². The first-order chi connectivity index (χ1) is 8.98. The van der Waals surface area contributed by atoms with Crippen molar-refractivity contribution in [3.05, 3.63) is 11.3 Å². The van der Waals surface area contributed by atoms with Gasteiger partial charge in [0, 0.05) is 11.6 Å². The molecular formula is C12H21N3O3S. The van der Waals surface area contributed by atoms with Crippen molar-refractivity contribution in [1.29, 1.82) is 0 Å². The molecule has 2 rings (SSSR count). The average Bonchev–Trinajstić information content (AvgIpc) is 2.69. The van der Waals surface area contributed by atoms with Crippen molar-refractivity contribution in [3.63, 3.8) is 0 Å². The van der Waals surface area contributed by atoms with Gasteiger partial charge < -0.3 is 9.84 Å². The summed E-state index contributed by atoms with van der Waals surface area (Å²) in [5.74, 6) is 0.332. The van der Waals surface area contributed by atoms with E-state index in [4.69, 9.17) is 4.52 Å². The van der Waals surface area contributed by atoms with Crippen LogP contribution in [-0.2, 0) is 10.0 Å². The Kier molecular flexibility index (Phi) is 4.46. The number of hydrogen-bond acceptors (Lipinski definition) is 5. The monoisotopic (exact) mass is 287 g/mol. The second kappa shape index (κ2) is 5.92. The molecule has 0 amide bonds. The molecule has 2 N–H and O–H groups in total. The summed E-state index contributed by atoms with van der Waals surface area (Å²) >= 11 is 0. The highest BCUT2D eigenvalue weighted by molar-refractivity contribution is 7.92. The highest BCUT2D eigenvalue weighted by Crippen LogP contribution is 2.19. The summed E-state index contributed by atoms with van der Waals surface area (Å²) in [6.45, 7) is 4.55. The zero-order chi connectivity index (χ0) is 13.9. The smallest absolute Gasteiger partial charge is 0.241 e. The van der Waals surface area contributed by atoms with Crippen LogP contribution in [-0.4, -0.2) is 31.9 Å². The van der Waals surface area contributed by atoms with Crippen LogP contribution in [0.2, 0.25) is 0 Å². The number of hydrogen-bond donors (Lipinski definition) is 2. The lowest BCUT2D eigenvalue weighted by Gasteiger charge is -2.23. The molecule has 2 heterocycles. The maximum absolute atomic E-state index is 12.0. The molecule has 108 valence electrons. The van der Waals surface area contributed by atoms with E-state index in [9.17, 15) is 8.42 Å². The van der Waals surface area contributed by atoms with Gasteiger partial charge in [-0.1, -0.05) is 11.6 Å². The van der Waals surface area contributed by atoms with Gasteiger partial charge in [-0.2, -0.15) is 0 Å². The predicted octanol–water partition coefficient (Wildman–Crippen LogP) is 1.57. The maximum atomic E-state index is 12.0. The highest BCUT2D eigenvalue weighted by Gasteiger charge is 2.20. The zero-order valence-electron chi connectivity index (χ0n) is 11.4. The van der Waals surface area contributed by atoms with Crippen molar-refractivity contribution in [2.75, 3.05) is 17.0 Å². The lowest BCUT2D eigenvalue weighted by atomic mass is 10.0. The van der Waals surface area contributed by atoms with Gasteiger partial charge in [0.25, 0.3) is 0 Å². The quantitative estimate of drug-likeness (QED) is 0.858. The summed E-state index contributed by atoms with van der Waals surface area (Å²) < 4.78 is 31.4. The number of rotatable bonds is 5. The Labute approximate surface area is 114 Å². The molecule has 1 aliphatic rings. The van der Waals surface area contributed by atoms with Crippen LogP contribution in [0.4, 0.5) is 5.88 Å². The molecular weight excluding hydrogens is 266 g/mol. The van der Waals surface area contributed by atoms with E-state index in [2.05, 4.69) is 15.2 Å². The molecule has 0 aromatic carbocycles. The van der Waals surface area contributed by atoms with Gasteiger partial charge in [0.1, 0.15) is 0 Å². The third kappa shape index (κ3) is 3.94. The van der Waals surface area contributed by atoms with Crippen LogP contribution >= 0.6 is 0 Å². The van der Waals surface area contributed by atoms with Crippen LogP contribution in [0.3, 0.4) is 0 Å². The molecule has 0 aliphatic carbocycles. The Balaban J connectivity index is 1.89. The lowest BCUT2D eigenvalue weighted by molar-refractivity contribution is 0.392. The van der Waals surface area contributed by atoms with Gasteiger partial charge in [-0.15, -0.1) is 0 Å². The molecule has 1 unspecified atom stereocenters. The summed E-state index contributed by atoms with van der Waals surface area (Å²) in [6, 6.07) is 0.308. The molecule has 6 nitrogen and oxygen atoms in total. The molecule has 7 heteroatoms. The van der Waals surface area contributed by atoms with Crippen LogP contribution < -0.4 is 10.0 Å². The second-order valence-electron chi connectivity index (χ2n) is 5.08. The molecule has 0 radical (unpaired) electrons. The Morgan fingerprint density at radius 2 is 2.21 bits per heavy atom. The number of piperidine rings is 1. The standard InChI is InChI=1S/C12H21N3O3S/c1-9-10(2)14-18-12(9)15-19(16,17)8-6-11-5-3-4-7-13-11/h11,13,15H,3-8H2,1-2H3. The first-order valence-electron chi connectivity index (χ1n) is 6.65. The van der Waals surface area contributed by atoms with Gasteiger partial charge >= 0.3 is 0 Å². The number of sulfonamides is 1. The van der Waals surface area contributed by atoms with E-state index in [-0.39, 0.29) is 11.6 Å². The minimum Gasteiger partial charge on any atom is -0.337 e. The van der Waals surface area contributed by atoms with E-state index in [0.29, 0.717) is 18.2 Å². The van der Waals surface area contributed by atoms with E-state index in [1.54, 1.807) is 13.8 Å². The molecule has 1 saturated heterocycles. The van der Waals surface area contributed by atoms with Gasteiger partial charge in [0.2, 0.25) is 15.9 Å². The van der Waals surface area contributed by atoms with E-state index in [0.717, 1.165) is 18.5 Å². The molecule has 1 aromatic heterocycles. The van der Waals surface area contributed by atoms with Crippen molar-refractivity contribution in [2.45, 2.75) is 45.6 Å². The lowest BCUT2D eigenvalue weighted by Crippen LogP contribution is -2.36. The molecule has 1 atom stereocenters. The zero-order valence-corrected chi connectivity index (χ0v) is 12.2. The van der Waals surface area contributed by atoms with Crippen molar-refractivity contribution in [3.8, 4) is 0 Å². The molecule has 0 bridgehead atoms. The molecule has 0 saturated carbocycles. The third-order valence-electron chi connectivity index (χ3n) is 3.55. The first kappa shape index (κ1) is 14.3. The van der Waals surface area contributed by atoms with Crippen LogP contribution in [0.5, 0.6) is 0 Å². The molecule has 19 heavy (non-hydrogen) atoms. The summed E-state index contributed by atoms with van der Waals surface area (Å²) in [4.78, 5) is 0. The fraction of sp³-hybridized carbons (Fsp3) is 0.750. The molecule has 1 fully saturated rings. The Hall–Kier alpha value is -1.08. The Bertz CT molecular complexity index is 518. The van der Waals surface area contributed by atoms with Crippen LogP contribution in [0.25, 0.3) is 0 Å². The number of anilines is 1. The SMILES string of the molecule is Cc1noc(NS(=O)(=O)CCC2CCCCN2)c1C. The largest absolute Gasteiger partial charge is 0.337 e. The van der Waals surface area contributed by atoms with Crippen molar-refractivity contribution in [1.82, 2.24) is 10.5 Å². The topological polar surface area (TPSA) is 84.2 Å². The summed E-state index contributed by atoms with van der Waals surface area (Å²) in [7, 11) is -3.37. The van der Waals surface area contributed by atoms with Crippen LogP contribution in [0, 0.1) is 13.8 Å². The third-order valence-corrected chi connectivity index (χ3v) is 4.82. The first-order valence-corrected chi connectivity index (χ1v) is 8.30. The number of aryl methyl sites for hydroxylation is 1. The predicted molar refractivity (Wildman–Crippen MR) is 73.6 cm³/mol. The highest BCUT2D eigenvalue weighted by atomic mass is 32.2. The molecule has 1 aliphatic heterocycles. The summed E-state index contributed by atoms with van der Waals surface area (Å²) in [5, 5.41) is 7.08. The van der Waals surface area contributed by atoms with Crippen LogP contribution in [0.1, 0.15) is 36.9 Å². The van der Waals surface area contributed by atoms with Crippen molar-refractivity contribution >= 4 is 15.9 Å². The Morgan fingerprint density at radius 3 is 2.79 bits per heavy atom. The number of nitrogens with zero attached hydrogens (tertiary/aromatic N) is 1. The maximum Gasteiger partial charge on any atom is 0.241 e. The van der Waals surface area contributed by atoms with Gasteiger partial charge in [-0.3, -0.25) is 4.72 Å². The molecule has 0 spiro atoms. The fourth-order valence-corrected chi connectivity index (χ4v) is 3.34. The minimum atomic E-state index is -3.37. The summed E-state index contributed by atoms with van der Waals surface area (Å²) in [6.07, 6.45) is 4.03. The van der Waals surface area contributed by atoms with E-state index >= 15 is 0 Å². The van der Waals surface area contributed by atoms with E-state index in [1.807, 2.05) is 0 Å². The summed E-state index contributed by atoms with van der Waals surface area (Å²) in [5.41, 5.74) is 1.44. The average molecular weight is 287 g/mol. The fourth-order valence-electron chi connectivity index (χ4n) is 2.17. The van der Waals surface area contributed by atoms with Crippen molar-refractivity contribution < 1.29 is 12.9 Å². The van der Waals surface area contributed by atoms with Gasteiger partial charge in [-0.05, 0) is 39.7 Å². The van der Waals surface area contributed by atoms with E-state index in [1.165, 1.54) is 12.8 Å². The minimum absolute atomic E-state index is 0.101. The van der Waals surface area contributed by atoms with E-state index < -0.39 is 10.0 Å². The molecule has 1 aromatic rings. The van der Waals surface area contributed by atoms with Crippen LogP contribution in [0.15, 0.2) is 4.52 Å². The Morgan fingerprint density at radius 1 is 1.42 bits per heavy atom. The second-order valence-corrected chi connectivity index (χ2v) is 6.92. The number of aromatic nitrogens is 1.